The number of methoxy groups -OCH3 is 1. The SMILES string of the molecule is CCOc1ccccc1NC(=O)Nc1ccc(C(=O)OC)cc1. The average molecular weight is 314 g/mol. The molecular weight excluding hydrogens is 296 g/mol. The Hall–Kier alpha value is -3.02. The van der Waals surface area contributed by atoms with Gasteiger partial charge < -0.3 is 20.1 Å². The Morgan fingerprint density at radius 3 is 2.35 bits per heavy atom. The van der Waals surface area contributed by atoms with Crippen molar-refractivity contribution in [3.05, 3.63) is 54.1 Å². The molecule has 0 radical (unpaired) electrons. The van der Waals surface area contributed by atoms with Gasteiger partial charge in [0.25, 0.3) is 0 Å². The number of urea groups is 1. The third-order valence-electron chi connectivity index (χ3n) is 3.00. The molecule has 0 saturated carbocycles. The molecule has 120 valence electrons. The summed E-state index contributed by atoms with van der Waals surface area (Å²) >= 11 is 0. The smallest absolute Gasteiger partial charge is 0.337 e. The molecule has 0 spiro atoms. The van der Waals surface area contributed by atoms with Crippen LogP contribution in [0.3, 0.4) is 0 Å². The van der Waals surface area contributed by atoms with Crippen LogP contribution >= 0.6 is 0 Å². The third-order valence-corrected chi connectivity index (χ3v) is 3.00. The summed E-state index contributed by atoms with van der Waals surface area (Å²) in [5.41, 5.74) is 1.56. The van der Waals surface area contributed by atoms with Crippen LogP contribution in [0.5, 0.6) is 5.75 Å². The minimum absolute atomic E-state index is 0.400. The Bertz CT molecular complexity index is 683. The first-order valence-electron chi connectivity index (χ1n) is 7.12. The molecular formula is C17H18N2O4. The fourth-order valence-corrected chi connectivity index (χ4v) is 1.94. The summed E-state index contributed by atoms with van der Waals surface area (Å²) in [6.45, 7) is 2.38. The van der Waals surface area contributed by atoms with Crippen molar-refractivity contribution in [3.8, 4) is 5.75 Å². The Kier molecular flexibility index (Phi) is 5.57. The first-order chi connectivity index (χ1) is 11.1. The second-order valence-electron chi connectivity index (χ2n) is 4.58. The van der Waals surface area contributed by atoms with Gasteiger partial charge in [-0.2, -0.15) is 0 Å². The highest BCUT2D eigenvalue weighted by Gasteiger charge is 2.08. The molecule has 2 aromatic rings. The summed E-state index contributed by atoms with van der Waals surface area (Å²) in [6, 6.07) is 13.2. The monoisotopic (exact) mass is 314 g/mol. The molecule has 0 fully saturated rings. The highest BCUT2D eigenvalue weighted by Crippen LogP contribution is 2.23. The summed E-state index contributed by atoms with van der Waals surface area (Å²) < 4.78 is 10.1. The number of carbonyl (C=O) groups is 2. The predicted molar refractivity (Wildman–Crippen MR) is 88.0 cm³/mol. The van der Waals surface area contributed by atoms with E-state index < -0.39 is 12.0 Å². The lowest BCUT2D eigenvalue weighted by atomic mass is 10.2. The molecule has 0 aliphatic heterocycles. The molecule has 0 unspecified atom stereocenters. The van der Waals surface area contributed by atoms with Crippen LogP contribution in [0.2, 0.25) is 0 Å². The summed E-state index contributed by atoms with van der Waals surface area (Å²) in [4.78, 5) is 23.4. The van der Waals surface area contributed by atoms with Crippen LogP contribution in [0.25, 0.3) is 0 Å². The summed E-state index contributed by atoms with van der Waals surface area (Å²) in [5, 5.41) is 5.41. The summed E-state index contributed by atoms with van der Waals surface area (Å²) in [7, 11) is 1.32. The van der Waals surface area contributed by atoms with Gasteiger partial charge in [-0.1, -0.05) is 12.1 Å². The summed E-state index contributed by atoms with van der Waals surface area (Å²) in [5.74, 6) is 0.179. The summed E-state index contributed by atoms with van der Waals surface area (Å²) in [6.07, 6.45) is 0. The quantitative estimate of drug-likeness (QED) is 0.828. The van der Waals surface area contributed by atoms with Crippen LogP contribution in [0, 0.1) is 0 Å². The van der Waals surface area contributed by atoms with Gasteiger partial charge in [-0.15, -0.1) is 0 Å². The number of benzene rings is 2. The molecule has 2 rings (SSSR count). The standard InChI is InChI=1S/C17H18N2O4/c1-3-23-15-7-5-4-6-14(15)19-17(21)18-13-10-8-12(9-11-13)16(20)22-2/h4-11H,3H2,1-2H3,(H2,18,19,21). The van der Waals surface area contributed by atoms with Crippen LogP contribution in [0.15, 0.2) is 48.5 Å². The van der Waals surface area contributed by atoms with Crippen LogP contribution in [0.4, 0.5) is 16.2 Å². The molecule has 6 heteroatoms. The lowest BCUT2D eigenvalue weighted by molar-refractivity contribution is 0.0601. The van der Waals surface area contributed by atoms with Gasteiger partial charge in [-0.3, -0.25) is 0 Å². The van der Waals surface area contributed by atoms with Gasteiger partial charge >= 0.3 is 12.0 Å². The second-order valence-corrected chi connectivity index (χ2v) is 4.58. The molecule has 2 aromatic carbocycles. The Balaban J connectivity index is 2.01. The van der Waals surface area contributed by atoms with Crippen molar-refractivity contribution in [3.63, 3.8) is 0 Å². The number of esters is 1. The maximum Gasteiger partial charge on any atom is 0.337 e. The van der Waals surface area contributed by atoms with Crippen molar-refractivity contribution in [2.75, 3.05) is 24.4 Å². The van der Waals surface area contributed by atoms with E-state index in [-0.39, 0.29) is 0 Å². The number of ether oxygens (including phenoxy) is 2. The van der Waals surface area contributed by atoms with Crippen molar-refractivity contribution in [2.45, 2.75) is 6.92 Å². The highest BCUT2D eigenvalue weighted by molar-refractivity contribution is 6.01. The molecule has 0 aromatic heterocycles. The zero-order valence-electron chi connectivity index (χ0n) is 13.0. The van der Waals surface area contributed by atoms with E-state index in [9.17, 15) is 9.59 Å². The van der Waals surface area contributed by atoms with Gasteiger partial charge in [-0.25, -0.2) is 9.59 Å². The van der Waals surface area contributed by atoms with Crippen LogP contribution in [-0.4, -0.2) is 25.7 Å². The van der Waals surface area contributed by atoms with Gasteiger partial charge in [0.2, 0.25) is 0 Å². The molecule has 0 bridgehead atoms. The number of rotatable bonds is 5. The number of carbonyl (C=O) groups excluding carboxylic acids is 2. The first-order valence-corrected chi connectivity index (χ1v) is 7.12. The molecule has 0 aliphatic carbocycles. The van der Waals surface area contributed by atoms with E-state index in [1.807, 2.05) is 19.1 Å². The second kappa shape index (κ2) is 7.84. The maximum atomic E-state index is 12.0. The van der Waals surface area contributed by atoms with E-state index in [1.165, 1.54) is 7.11 Å². The zero-order valence-corrected chi connectivity index (χ0v) is 13.0. The lowest BCUT2D eigenvalue weighted by Crippen LogP contribution is -2.20. The fraction of sp³-hybridized carbons (Fsp3) is 0.176. The number of anilines is 2. The van der Waals surface area contributed by atoms with Crippen molar-refractivity contribution in [2.24, 2.45) is 0 Å². The Morgan fingerprint density at radius 1 is 1.00 bits per heavy atom. The van der Waals surface area contributed by atoms with Crippen LogP contribution in [-0.2, 0) is 4.74 Å². The number of para-hydroxylation sites is 2. The van der Waals surface area contributed by atoms with Crippen molar-refractivity contribution in [1.29, 1.82) is 0 Å². The van der Waals surface area contributed by atoms with Gasteiger partial charge in [-0.05, 0) is 43.3 Å². The Labute approximate surface area is 134 Å². The Morgan fingerprint density at radius 2 is 1.70 bits per heavy atom. The van der Waals surface area contributed by atoms with Crippen molar-refractivity contribution in [1.82, 2.24) is 0 Å². The topological polar surface area (TPSA) is 76.7 Å². The van der Waals surface area contributed by atoms with Gasteiger partial charge in [0.1, 0.15) is 5.75 Å². The van der Waals surface area contributed by atoms with Gasteiger partial charge in [0.05, 0.1) is 25.0 Å². The van der Waals surface area contributed by atoms with Crippen molar-refractivity contribution >= 4 is 23.4 Å². The van der Waals surface area contributed by atoms with Crippen LogP contribution in [0.1, 0.15) is 17.3 Å². The number of hydrogen-bond donors (Lipinski definition) is 2. The van der Waals surface area contributed by atoms with E-state index in [0.29, 0.717) is 29.3 Å². The minimum Gasteiger partial charge on any atom is -0.492 e. The predicted octanol–water partition coefficient (Wildman–Crippen LogP) is 3.52. The van der Waals surface area contributed by atoms with E-state index >= 15 is 0 Å². The third kappa shape index (κ3) is 4.47. The largest absolute Gasteiger partial charge is 0.492 e. The molecule has 2 N–H and O–H groups in total. The zero-order chi connectivity index (χ0) is 16.7. The number of nitrogens with one attached hydrogen (secondary N) is 2. The van der Waals surface area contributed by atoms with E-state index in [2.05, 4.69) is 15.4 Å². The van der Waals surface area contributed by atoms with E-state index in [1.54, 1.807) is 36.4 Å². The normalized spacial score (nSPS) is 9.83. The van der Waals surface area contributed by atoms with Gasteiger partial charge in [0.15, 0.2) is 0 Å². The molecule has 23 heavy (non-hydrogen) atoms. The molecule has 0 saturated heterocycles. The average Bonchev–Trinajstić information content (AvgIpc) is 2.57. The molecule has 2 amide bonds. The number of hydrogen-bond acceptors (Lipinski definition) is 4. The molecule has 0 atom stereocenters. The maximum absolute atomic E-state index is 12.0. The van der Waals surface area contributed by atoms with E-state index in [4.69, 9.17) is 4.74 Å². The molecule has 0 heterocycles. The van der Waals surface area contributed by atoms with Gasteiger partial charge in [0, 0.05) is 5.69 Å². The molecule has 6 nitrogen and oxygen atoms in total. The van der Waals surface area contributed by atoms with Crippen molar-refractivity contribution < 1.29 is 19.1 Å². The van der Waals surface area contributed by atoms with E-state index in [0.717, 1.165) is 0 Å². The molecule has 0 aliphatic rings. The fourth-order valence-electron chi connectivity index (χ4n) is 1.94. The highest BCUT2D eigenvalue weighted by atomic mass is 16.5. The van der Waals surface area contributed by atoms with Crippen LogP contribution < -0.4 is 15.4 Å². The number of amides is 2. The first kappa shape index (κ1) is 16.4. The minimum atomic E-state index is -0.424. The lowest BCUT2D eigenvalue weighted by Gasteiger charge is -2.12.